The number of nitro benzene ring substituents is 1. The first-order valence-electron chi connectivity index (χ1n) is 3.20. The molecule has 70 valence electrons. The van der Waals surface area contributed by atoms with Gasteiger partial charge in [-0.2, -0.15) is 0 Å². The minimum absolute atomic E-state index is 0.0813. The first kappa shape index (κ1) is 9.62. The van der Waals surface area contributed by atoms with Crippen molar-refractivity contribution in [3.63, 3.8) is 0 Å². The fourth-order valence-corrected chi connectivity index (χ4v) is 1.08. The maximum Gasteiger partial charge on any atom is 0.269 e. The lowest BCUT2D eigenvalue weighted by atomic mass is 10.3. The van der Waals surface area contributed by atoms with Crippen molar-refractivity contribution in [3.8, 4) is 0 Å². The molecule has 1 rings (SSSR count). The molecule has 6 nitrogen and oxygen atoms in total. The van der Waals surface area contributed by atoms with Gasteiger partial charge in [0, 0.05) is 29.1 Å². The molecule has 1 N–H and O–H groups in total. The lowest BCUT2D eigenvalue weighted by Gasteiger charge is -2.07. The molecule has 0 heterocycles. The number of benzene rings is 1. The number of non-ortho nitro benzene ring substituents is 1. The van der Waals surface area contributed by atoms with Crippen LogP contribution in [0.2, 0.25) is 0 Å². The molecule has 1 atom stereocenters. The second-order valence-electron chi connectivity index (χ2n) is 2.14. The predicted octanol–water partition coefficient (Wildman–Crippen LogP) is 0.801. The fourth-order valence-electron chi connectivity index (χ4n) is 0.747. The maximum atomic E-state index is 10.2. The number of anilines is 1. The van der Waals surface area contributed by atoms with E-state index in [1.807, 2.05) is 0 Å². The number of nitrogens with zero attached hydrogens (tertiary/aromatic N) is 1. The van der Waals surface area contributed by atoms with Crippen molar-refractivity contribution >= 4 is 22.6 Å². The summed E-state index contributed by atoms with van der Waals surface area (Å²) in [5.74, 6) is 0. The van der Waals surface area contributed by atoms with Gasteiger partial charge in [-0.05, 0) is 12.1 Å². The van der Waals surface area contributed by atoms with Crippen LogP contribution >= 0.6 is 0 Å². The van der Waals surface area contributed by atoms with Crippen LogP contribution in [0.1, 0.15) is 0 Å². The average Bonchev–Trinajstić information content (AvgIpc) is 2.04. The highest BCUT2D eigenvalue weighted by Crippen LogP contribution is 2.15. The summed E-state index contributed by atoms with van der Waals surface area (Å²) < 4.78 is 22.3. The second-order valence-corrected chi connectivity index (χ2v) is 2.81. The Morgan fingerprint density at radius 1 is 1.31 bits per heavy atom. The zero-order chi connectivity index (χ0) is 9.84. The van der Waals surface area contributed by atoms with Gasteiger partial charge in [0.25, 0.3) is 5.69 Å². The van der Waals surface area contributed by atoms with Crippen molar-refractivity contribution in [2.45, 2.75) is 0 Å². The normalized spacial score (nSPS) is 12.1. The number of hydrogen-bond donors (Lipinski definition) is 1. The highest BCUT2D eigenvalue weighted by molar-refractivity contribution is 7.80. The summed E-state index contributed by atoms with van der Waals surface area (Å²) in [6.07, 6.45) is 0. The van der Waals surface area contributed by atoms with Gasteiger partial charge in [0.1, 0.15) is 0 Å². The molecule has 0 radical (unpaired) electrons. The van der Waals surface area contributed by atoms with Gasteiger partial charge in [-0.15, -0.1) is 0 Å². The highest BCUT2D eigenvalue weighted by Gasteiger charge is 2.02. The van der Waals surface area contributed by atoms with Crippen LogP contribution in [0.15, 0.2) is 24.3 Å². The Kier molecular flexibility index (Phi) is 2.93. The molecule has 0 spiro atoms. The Bertz CT molecular complexity index is 337. The zero-order valence-electron chi connectivity index (χ0n) is 6.30. The molecular weight excluding hydrogens is 196 g/mol. The van der Waals surface area contributed by atoms with E-state index < -0.39 is 16.2 Å². The summed E-state index contributed by atoms with van der Waals surface area (Å²) in [5, 5.41) is 10.2. The lowest BCUT2D eigenvalue weighted by molar-refractivity contribution is -0.384. The standard InChI is InChI=1S/C6H6N2O4S/c9-8(10)6-3-1-5(2-4-6)7-13(11)12/h1-4,7H,(H,11,12)/p-1. The number of nitrogens with one attached hydrogen (secondary N) is 1. The van der Waals surface area contributed by atoms with E-state index in [2.05, 4.69) is 4.72 Å². The summed E-state index contributed by atoms with van der Waals surface area (Å²) >= 11 is -2.40. The lowest BCUT2D eigenvalue weighted by Crippen LogP contribution is -2.01. The summed E-state index contributed by atoms with van der Waals surface area (Å²) in [6, 6.07) is 5.06. The average molecular weight is 201 g/mol. The molecule has 7 heteroatoms. The van der Waals surface area contributed by atoms with Crippen molar-refractivity contribution < 1.29 is 13.7 Å². The minimum atomic E-state index is -2.40. The van der Waals surface area contributed by atoms with E-state index >= 15 is 0 Å². The van der Waals surface area contributed by atoms with Gasteiger partial charge >= 0.3 is 0 Å². The Hall–Kier alpha value is -1.47. The molecule has 13 heavy (non-hydrogen) atoms. The smallest absolute Gasteiger partial charge is 0.269 e. The first-order valence-corrected chi connectivity index (χ1v) is 4.27. The van der Waals surface area contributed by atoms with Gasteiger partial charge in [-0.1, -0.05) is 0 Å². The molecule has 0 aliphatic rings. The number of rotatable bonds is 3. The third kappa shape index (κ3) is 2.80. The third-order valence-electron chi connectivity index (χ3n) is 1.28. The minimum Gasteiger partial charge on any atom is -0.755 e. The molecule has 1 unspecified atom stereocenters. The van der Waals surface area contributed by atoms with Crippen LogP contribution in [0, 0.1) is 10.1 Å². The Morgan fingerprint density at radius 3 is 2.23 bits per heavy atom. The van der Waals surface area contributed by atoms with Gasteiger partial charge in [-0.25, -0.2) is 0 Å². The summed E-state index contributed by atoms with van der Waals surface area (Å²) in [6.45, 7) is 0. The summed E-state index contributed by atoms with van der Waals surface area (Å²) in [4.78, 5) is 9.64. The van der Waals surface area contributed by atoms with E-state index in [0.717, 1.165) is 0 Å². The van der Waals surface area contributed by atoms with E-state index in [9.17, 15) is 18.9 Å². The van der Waals surface area contributed by atoms with Crippen LogP contribution in [-0.2, 0) is 11.3 Å². The molecule has 0 aliphatic heterocycles. The second kappa shape index (κ2) is 3.97. The topological polar surface area (TPSA) is 95.3 Å². The van der Waals surface area contributed by atoms with Gasteiger partial charge < -0.3 is 9.27 Å². The van der Waals surface area contributed by atoms with Crippen molar-refractivity contribution in [2.75, 3.05) is 4.72 Å². The van der Waals surface area contributed by atoms with Crippen LogP contribution in [0.3, 0.4) is 0 Å². The quantitative estimate of drug-likeness (QED) is 0.444. The molecular formula is C6H5N2O4S-. The first-order chi connectivity index (χ1) is 6.09. The van der Waals surface area contributed by atoms with Crippen LogP contribution in [-0.4, -0.2) is 13.7 Å². The van der Waals surface area contributed by atoms with Gasteiger partial charge in [0.15, 0.2) is 0 Å². The third-order valence-corrected chi connectivity index (χ3v) is 1.68. The van der Waals surface area contributed by atoms with E-state index in [1.165, 1.54) is 24.3 Å². The molecule has 0 bridgehead atoms. The van der Waals surface area contributed by atoms with Crippen LogP contribution in [0.4, 0.5) is 11.4 Å². The largest absolute Gasteiger partial charge is 0.755 e. The molecule has 0 saturated carbocycles. The van der Waals surface area contributed by atoms with Crippen LogP contribution < -0.4 is 4.72 Å². The maximum absolute atomic E-state index is 10.2. The van der Waals surface area contributed by atoms with Crippen molar-refractivity contribution in [3.05, 3.63) is 34.4 Å². The predicted molar refractivity (Wildman–Crippen MR) is 45.6 cm³/mol. The SMILES string of the molecule is O=[N+]([O-])c1ccc(NS(=O)[O-])cc1. The van der Waals surface area contributed by atoms with Crippen molar-refractivity contribution in [1.29, 1.82) is 0 Å². The van der Waals surface area contributed by atoms with Crippen molar-refractivity contribution in [1.82, 2.24) is 0 Å². The van der Waals surface area contributed by atoms with Gasteiger partial charge in [0.2, 0.25) is 0 Å². The van der Waals surface area contributed by atoms with Gasteiger partial charge in [-0.3, -0.25) is 14.3 Å². The number of hydrogen-bond acceptors (Lipinski definition) is 4. The Morgan fingerprint density at radius 2 is 1.85 bits per heavy atom. The zero-order valence-corrected chi connectivity index (χ0v) is 7.11. The Balaban J connectivity index is 2.81. The number of nitro groups is 1. The van der Waals surface area contributed by atoms with Crippen LogP contribution in [0.25, 0.3) is 0 Å². The van der Waals surface area contributed by atoms with E-state index in [-0.39, 0.29) is 5.69 Å². The summed E-state index contributed by atoms with van der Waals surface area (Å²) in [5.41, 5.74) is 0.209. The highest BCUT2D eigenvalue weighted by atomic mass is 32.2. The molecule has 0 amide bonds. The fraction of sp³-hybridized carbons (Fsp3) is 0. The molecule has 0 saturated heterocycles. The van der Waals surface area contributed by atoms with E-state index in [4.69, 9.17) is 0 Å². The van der Waals surface area contributed by atoms with E-state index in [1.54, 1.807) is 0 Å². The van der Waals surface area contributed by atoms with Crippen molar-refractivity contribution in [2.24, 2.45) is 0 Å². The van der Waals surface area contributed by atoms with Crippen LogP contribution in [0.5, 0.6) is 0 Å². The molecule has 0 aromatic heterocycles. The molecule has 0 fully saturated rings. The molecule has 1 aromatic rings. The molecule has 1 aromatic carbocycles. The van der Waals surface area contributed by atoms with Gasteiger partial charge in [0.05, 0.1) is 4.92 Å². The monoisotopic (exact) mass is 201 g/mol. The van der Waals surface area contributed by atoms with E-state index in [0.29, 0.717) is 5.69 Å². The Labute approximate surface area is 76.1 Å². The summed E-state index contributed by atoms with van der Waals surface area (Å²) in [7, 11) is 0. The molecule has 0 aliphatic carbocycles.